The molecular formula is C95H146BBr3Cl2F7IK2O7. The maximum atomic E-state index is 15.0. The van der Waals surface area contributed by atoms with Crippen molar-refractivity contribution in [2.45, 2.75) is 315 Å². The number of aliphatic hydroxyl groups excluding tert-OH is 1. The average Bonchev–Trinajstić information content (AvgIpc) is 0.819. The van der Waals surface area contributed by atoms with Crippen LogP contribution in [0.15, 0.2) is 74.4 Å². The maximum absolute atomic E-state index is 15.0. The number of benzene rings is 3. The largest absolute Gasteiger partial charge is 1.00 e. The van der Waals surface area contributed by atoms with Crippen LogP contribution in [0.3, 0.4) is 0 Å². The Bertz CT molecular complexity index is 3100. The summed E-state index contributed by atoms with van der Waals surface area (Å²) in [7, 11) is -1.00. The number of alkyl halides is 4. The van der Waals surface area contributed by atoms with E-state index in [-0.39, 0.29) is 148 Å². The fourth-order valence-corrected chi connectivity index (χ4v) is 21.6. The first-order valence-corrected chi connectivity index (χ1v) is 49.9. The summed E-state index contributed by atoms with van der Waals surface area (Å²) in [6.45, 7) is 21.2. The monoisotopic (exact) mass is 2060 g/mol. The van der Waals surface area contributed by atoms with E-state index in [0.29, 0.717) is 54.3 Å². The third-order valence-corrected chi connectivity index (χ3v) is 28.9. The zero-order valence-electron chi connectivity index (χ0n) is 74.7. The summed E-state index contributed by atoms with van der Waals surface area (Å²) in [5.74, 6) is 6.96. The van der Waals surface area contributed by atoms with Crippen molar-refractivity contribution in [1.82, 2.24) is 0 Å². The summed E-state index contributed by atoms with van der Waals surface area (Å²) in [5, 5.41) is 26.7. The van der Waals surface area contributed by atoms with Crippen molar-refractivity contribution in [2.24, 2.45) is 88.8 Å². The van der Waals surface area contributed by atoms with Crippen LogP contribution in [-0.2, 0) is 9.68 Å². The van der Waals surface area contributed by atoms with Gasteiger partial charge in [0.2, 0.25) is 17.5 Å². The Morgan fingerprint density at radius 3 is 0.983 bits per heavy atom. The van der Waals surface area contributed by atoms with Gasteiger partial charge < -0.3 is 31.3 Å². The van der Waals surface area contributed by atoms with E-state index in [2.05, 4.69) is 121 Å². The van der Waals surface area contributed by atoms with Crippen molar-refractivity contribution < 1.29 is 171 Å². The first kappa shape index (κ1) is 113. The summed E-state index contributed by atoms with van der Waals surface area (Å²) in [6.07, 6.45) is 58.6. The SMILES string of the molecule is BrB(Br)Br.C=CC1CCC(CI)CC1.C=CC1CCC(CO)CC1.C=CC1CCC(COc2ccc(C3CCC(C4CCC(CCC)CC4)CC3)c(F)c2F)CC1.CCCC1CCC(C2CCC(c3ccc(O)c(F)c3F)CC2)CC1.CCCC1CCC(C2CCC(c3ccc(OCC)c(F)c3F)CC2)CC1.ClCCl.O=CO[O-].[2H]CF.[H-].[K+].[K+]. The topological polar surface area (TPSA) is 108 Å². The molecule has 0 bridgehead atoms. The van der Waals surface area contributed by atoms with Gasteiger partial charge in [-0.05, 0) is 341 Å². The van der Waals surface area contributed by atoms with Gasteiger partial charge in [0.05, 0.1) is 27.1 Å². The number of rotatable bonds is 23. The predicted molar refractivity (Wildman–Crippen MR) is 490 cm³/mol. The molecule has 3 aromatic rings. The molecule has 0 saturated heterocycles. The molecule has 0 radical (unpaired) electrons. The van der Waals surface area contributed by atoms with Crippen molar-refractivity contribution >= 4 is 103 Å². The number of aliphatic hydroxyl groups is 1. The van der Waals surface area contributed by atoms with Crippen LogP contribution in [0.2, 0.25) is 0 Å². The fraction of sp³-hybridized carbons (Fsp3) is 0.737. The second-order valence-corrected chi connectivity index (χ2v) is 42.7. The van der Waals surface area contributed by atoms with Gasteiger partial charge in [-0.1, -0.05) is 157 Å². The maximum Gasteiger partial charge on any atom is 1.00 e. The Kier molecular flexibility index (Phi) is 65.7. The minimum absolute atomic E-state index is 0. The molecule has 0 aliphatic heterocycles. The zero-order valence-corrected chi connectivity index (χ0v) is 87.3. The van der Waals surface area contributed by atoms with Gasteiger partial charge >= 0.3 is 106 Å². The molecular weight excluding hydrogens is 1910 g/mol. The summed E-state index contributed by atoms with van der Waals surface area (Å²) in [5.41, 5.74) is 1.57. The minimum Gasteiger partial charge on any atom is -1.00 e. The molecule has 9 aliphatic carbocycles. The number of allylic oxidation sites excluding steroid dienone is 3. The van der Waals surface area contributed by atoms with Crippen molar-refractivity contribution in [2.75, 3.05) is 36.7 Å². The van der Waals surface area contributed by atoms with Crippen LogP contribution in [0.1, 0.15) is 335 Å². The number of phenolic OH excluding ortho intramolecular Hbond substituents is 1. The van der Waals surface area contributed by atoms with Gasteiger partial charge in [0.1, 0.15) is 0 Å². The van der Waals surface area contributed by atoms with Crippen LogP contribution in [0.25, 0.3) is 0 Å². The third kappa shape index (κ3) is 42.0. The van der Waals surface area contributed by atoms with Crippen molar-refractivity contribution in [1.29, 1.82) is 0 Å². The Morgan fingerprint density at radius 2 is 0.720 bits per heavy atom. The van der Waals surface area contributed by atoms with E-state index in [4.69, 9.17) is 49.2 Å². The molecule has 9 fully saturated rings. The molecule has 0 amide bonds. The van der Waals surface area contributed by atoms with Gasteiger partial charge in [-0.15, -0.1) is 90.2 Å². The molecule has 0 heterocycles. The second-order valence-electron chi connectivity index (χ2n) is 34.6. The van der Waals surface area contributed by atoms with Crippen LogP contribution in [0.5, 0.6) is 17.2 Å². The van der Waals surface area contributed by atoms with Crippen molar-refractivity contribution in [3.63, 3.8) is 0 Å². The van der Waals surface area contributed by atoms with E-state index in [9.17, 15) is 31.4 Å². The zero-order chi connectivity index (χ0) is 86.0. The number of hydrogen-bond acceptors (Lipinski definition) is 7. The Labute approximate surface area is 846 Å². The Hall–Kier alpha value is 1.27. The van der Waals surface area contributed by atoms with Gasteiger partial charge in [0.25, 0.3) is 6.47 Å². The van der Waals surface area contributed by atoms with Crippen LogP contribution in [0, 0.1) is 124 Å². The van der Waals surface area contributed by atoms with E-state index in [1.807, 2.05) is 12.2 Å². The molecule has 0 aromatic heterocycles. The normalized spacial score (nSPS) is 28.5. The minimum atomic E-state index is -1.09. The molecule has 0 unspecified atom stereocenters. The summed E-state index contributed by atoms with van der Waals surface area (Å²) in [6, 6.07) is 9.65. The van der Waals surface area contributed by atoms with E-state index >= 15 is 4.39 Å². The molecule has 2 N–H and O–H groups in total. The predicted octanol–water partition coefficient (Wildman–Crippen LogP) is 25.1. The number of phenols is 1. The Balaban J connectivity index is 0.000000750. The van der Waals surface area contributed by atoms with Gasteiger partial charge in [0.15, 0.2) is 34.7 Å². The molecule has 12 rings (SSSR count). The van der Waals surface area contributed by atoms with Gasteiger partial charge in [-0.25, -0.2) is 13.2 Å². The van der Waals surface area contributed by atoms with Gasteiger partial charge in [0, 0.05) is 11.0 Å². The molecule has 7 nitrogen and oxygen atoms in total. The van der Waals surface area contributed by atoms with E-state index in [1.165, 1.54) is 203 Å². The number of carbonyl (C=O) groups is 1. The molecule has 118 heavy (non-hydrogen) atoms. The molecule has 664 valence electrons. The molecule has 9 aliphatic rings. The number of aromatic hydroxyl groups is 1. The average molecular weight is 2060 g/mol. The summed E-state index contributed by atoms with van der Waals surface area (Å²) >= 11 is 21.3. The van der Waals surface area contributed by atoms with E-state index in [1.54, 1.807) is 37.3 Å². The number of ether oxygens (including phenoxy) is 2. The third-order valence-electron chi connectivity index (χ3n) is 27.6. The molecule has 23 heteroatoms. The Morgan fingerprint density at radius 1 is 0.466 bits per heavy atom. The molecule has 9 saturated carbocycles. The van der Waals surface area contributed by atoms with Gasteiger partial charge in [-0.2, -0.15) is 13.2 Å². The molecule has 3 aromatic carbocycles. The number of halogens is 13. The molecule has 0 atom stereocenters. The smallest absolute Gasteiger partial charge is 1.00 e. The standard InChI is InChI=1S/C30H44F2O.C23H34F2O.C21H30F2O.C9H15I.C9H16O.CH2Cl2.CH3F.CH2O3.BBr3.2K.H/c1-3-5-22-10-12-24(13-11-22)25-14-16-26(17-15-25)27-18-19-28(30(32)29(27)31)33-20-23-8-6-21(4-2)7-9-23;1-3-5-16-6-8-17(9-7-16)18-10-12-19(13-11-18)20-14-15-21(26-4-2)23(25)22(20)24;1-2-3-14-4-6-15(7-5-14)16-8-10-17(11-9-16)18-12-13-19(24)21(23)20(18)22;2*1-2-8-3-5-9(7-10)6-4-8;2-1-3;1-2;2-1-4-3;2-1(3)4;;;/h4,18-19,21-26H,2-3,5-17,20H2,1H3;14-19H,3-13H2,1-2H3;12-17,24H,2-11H2,1H3;2,8-9H,1,3-7H2;2,8-10H,1,3-7H2;1H2;1H3;1,3H;;;;/q;;;;;;;;;2*+1;-1/p-1/i;;;;;;1D;;;;;. The van der Waals surface area contributed by atoms with Crippen LogP contribution >= 0.6 is 93.1 Å². The first-order chi connectivity index (χ1) is 56.5. The summed E-state index contributed by atoms with van der Waals surface area (Å²) < 4.78 is 114. The molecule has 0 spiro atoms. The van der Waals surface area contributed by atoms with Gasteiger partial charge in [-0.3, -0.25) is 9.18 Å². The fourth-order valence-electron chi connectivity index (χ4n) is 20.7. The summed E-state index contributed by atoms with van der Waals surface area (Å²) in [4.78, 5) is 11.2. The number of hydrogen-bond donors (Lipinski definition) is 2. The quantitative estimate of drug-likeness (QED) is 0.0142. The van der Waals surface area contributed by atoms with E-state index in [0.717, 1.165) is 148 Å². The van der Waals surface area contributed by atoms with Crippen molar-refractivity contribution in [3.05, 3.63) is 126 Å². The number of carbonyl (C=O) groups excluding carboxylic acids is 1. The van der Waals surface area contributed by atoms with Crippen LogP contribution in [-0.4, -0.2) is 56.6 Å². The first-order valence-electron chi connectivity index (χ1n) is 45.3. The van der Waals surface area contributed by atoms with Crippen LogP contribution < -0.4 is 118 Å². The van der Waals surface area contributed by atoms with E-state index < -0.39 is 47.8 Å². The van der Waals surface area contributed by atoms with Crippen LogP contribution in [0.4, 0.5) is 30.7 Å². The van der Waals surface area contributed by atoms with Crippen molar-refractivity contribution in [3.8, 4) is 17.2 Å². The second kappa shape index (κ2) is 68.3.